The Balaban J connectivity index is 2.15. The van der Waals surface area contributed by atoms with Crippen molar-refractivity contribution in [1.82, 2.24) is 0 Å². The van der Waals surface area contributed by atoms with E-state index >= 15 is 0 Å². The number of ketones is 1. The minimum Gasteiger partial charge on any atom is -0.496 e. The number of ether oxygens (including phenoxy) is 2. The van der Waals surface area contributed by atoms with E-state index in [2.05, 4.69) is 5.32 Å². The lowest BCUT2D eigenvalue weighted by atomic mass is 10.0. The molecule has 7 heteroatoms. The molecule has 0 aliphatic heterocycles. The first-order chi connectivity index (χ1) is 12.7. The number of Topliss-reactive ketones (excluding diaryl/α,β-unsaturated/α-hetero) is 1. The van der Waals surface area contributed by atoms with E-state index in [-0.39, 0.29) is 28.0 Å². The van der Waals surface area contributed by atoms with Gasteiger partial charge in [0, 0.05) is 18.6 Å². The standard InChI is InChI=1S/C20H20ClNO5/c1-11-5-6-14(7-12(11)2)18(24)10-27-20(25)15-8-16(21)17(22-13(3)23)9-19(15)26-4/h5-9H,10H2,1-4H3,(H,22,23). The highest BCUT2D eigenvalue weighted by atomic mass is 35.5. The summed E-state index contributed by atoms with van der Waals surface area (Å²) in [4.78, 5) is 35.8. The molecule has 0 atom stereocenters. The van der Waals surface area contributed by atoms with Gasteiger partial charge in [-0.1, -0.05) is 23.7 Å². The van der Waals surface area contributed by atoms with Gasteiger partial charge in [-0.3, -0.25) is 9.59 Å². The predicted molar refractivity (Wildman–Crippen MR) is 103 cm³/mol. The summed E-state index contributed by atoms with van der Waals surface area (Å²) >= 11 is 6.09. The van der Waals surface area contributed by atoms with Crippen LogP contribution in [0.25, 0.3) is 0 Å². The molecule has 0 saturated carbocycles. The maximum atomic E-state index is 12.4. The summed E-state index contributed by atoms with van der Waals surface area (Å²) in [7, 11) is 1.37. The van der Waals surface area contributed by atoms with Crippen molar-refractivity contribution in [1.29, 1.82) is 0 Å². The van der Waals surface area contributed by atoms with E-state index in [1.807, 2.05) is 19.9 Å². The van der Waals surface area contributed by atoms with E-state index in [0.29, 0.717) is 11.3 Å². The molecule has 0 radical (unpaired) electrons. The van der Waals surface area contributed by atoms with Gasteiger partial charge in [-0.25, -0.2) is 4.79 Å². The van der Waals surface area contributed by atoms with Crippen molar-refractivity contribution in [2.45, 2.75) is 20.8 Å². The molecule has 27 heavy (non-hydrogen) atoms. The number of carbonyl (C=O) groups excluding carboxylic acids is 3. The monoisotopic (exact) mass is 389 g/mol. The maximum absolute atomic E-state index is 12.4. The maximum Gasteiger partial charge on any atom is 0.342 e. The van der Waals surface area contributed by atoms with Crippen LogP contribution in [0.15, 0.2) is 30.3 Å². The Morgan fingerprint density at radius 3 is 2.37 bits per heavy atom. The predicted octanol–water partition coefficient (Wildman–Crippen LogP) is 3.96. The molecule has 1 amide bonds. The highest BCUT2D eigenvalue weighted by Crippen LogP contribution is 2.31. The summed E-state index contributed by atoms with van der Waals surface area (Å²) in [6.45, 7) is 4.78. The first-order valence-electron chi connectivity index (χ1n) is 8.15. The van der Waals surface area contributed by atoms with Crippen LogP contribution in [0.2, 0.25) is 5.02 Å². The first-order valence-corrected chi connectivity index (χ1v) is 8.53. The van der Waals surface area contributed by atoms with Crippen LogP contribution in [0.3, 0.4) is 0 Å². The zero-order chi connectivity index (χ0) is 20.1. The quantitative estimate of drug-likeness (QED) is 0.597. The second kappa shape index (κ2) is 8.68. The smallest absolute Gasteiger partial charge is 0.342 e. The summed E-state index contributed by atoms with van der Waals surface area (Å²) < 4.78 is 10.3. The van der Waals surface area contributed by atoms with E-state index in [0.717, 1.165) is 11.1 Å². The van der Waals surface area contributed by atoms with Crippen molar-refractivity contribution in [2.75, 3.05) is 19.0 Å². The van der Waals surface area contributed by atoms with E-state index in [4.69, 9.17) is 21.1 Å². The van der Waals surface area contributed by atoms with Gasteiger partial charge in [-0.2, -0.15) is 0 Å². The Bertz CT molecular complexity index is 907. The summed E-state index contributed by atoms with van der Waals surface area (Å²) in [5.41, 5.74) is 2.89. The fourth-order valence-electron chi connectivity index (χ4n) is 2.37. The lowest BCUT2D eigenvalue weighted by molar-refractivity contribution is -0.114. The molecule has 0 bridgehead atoms. The number of rotatable bonds is 6. The van der Waals surface area contributed by atoms with Crippen molar-refractivity contribution in [3.8, 4) is 5.75 Å². The van der Waals surface area contributed by atoms with E-state index < -0.39 is 12.6 Å². The summed E-state index contributed by atoms with van der Waals surface area (Å²) in [6, 6.07) is 8.04. The molecule has 2 aromatic rings. The number of esters is 1. The van der Waals surface area contributed by atoms with Gasteiger partial charge in [0.25, 0.3) is 0 Å². The third kappa shape index (κ3) is 5.08. The summed E-state index contributed by atoms with van der Waals surface area (Å²) in [6.07, 6.45) is 0. The van der Waals surface area contributed by atoms with Gasteiger partial charge >= 0.3 is 5.97 Å². The molecular weight excluding hydrogens is 370 g/mol. The largest absolute Gasteiger partial charge is 0.496 e. The highest BCUT2D eigenvalue weighted by molar-refractivity contribution is 6.34. The zero-order valence-electron chi connectivity index (χ0n) is 15.5. The number of amides is 1. The summed E-state index contributed by atoms with van der Waals surface area (Å²) in [5, 5.41) is 2.69. The number of aryl methyl sites for hydroxylation is 2. The Hall–Kier alpha value is -2.86. The summed E-state index contributed by atoms with van der Waals surface area (Å²) in [5.74, 6) is -1.20. The van der Waals surface area contributed by atoms with E-state index in [1.165, 1.54) is 26.2 Å². The van der Waals surface area contributed by atoms with Crippen molar-refractivity contribution >= 4 is 34.9 Å². The number of benzene rings is 2. The van der Waals surface area contributed by atoms with Gasteiger partial charge in [-0.05, 0) is 37.1 Å². The fourth-order valence-corrected chi connectivity index (χ4v) is 2.59. The second-order valence-corrected chi connectivity index (χ2v) is 6.42. The molecule has 0 aromatic heterocycles. The molecule has 142 valence electrons. The van der Waals surface area contributed by atoms with Gasteiger partial charge in [0.15, 0.2) is 12.4 Å². The van der Waals surface area contributed by atoms with Crippen molar-refractivity contribution in [3.63, 3.8) is 0 Å². The second-order valence-electron chi connectivity index (χ2n) is 6.01. The number of hydrogen-bond acceptors (Lipinski definition) is 5. The molecule has 0 unspecified atom stereocenters. The number of halogens is 1. The van der Waals surface area contributed by atoms with Gasteiger partial charge in [0.2, 0.25) is 5.91 Å². The lowest BCUT2D eigenvalue weighted by Gasteiger charge is -2.12. The molecule has 0 saturated heterocycles. The Morgan fingerprint density at radius 2 is 1.78 bits per heavy atom. The van der Waals surface area contributed by atoms with Crippen LogP contribution in [0.4, 0.5) is 5.69 Å². The molecule has 0 aliphatic rings. The number of carbonyl (C=O) groups is 3. The average molecular weight is 390 g/mol. The van der Waals surface area contributed by atoms with Crippen LogP contribution in [0.5, 0.6) is 5.75 Å². The van der Waals surface area contributed by atoms with Crippen LogP contribution < -0.4 is 10.1 Å². The normalized spacial score (nSPS) is 10.3. The van der Waals surface area contributed by atoms with Gasteiger partial charge in [-0.15, -0.1) is 0 Å². The van der Waals surface area contributed by atoms with Crippen molar-refractivity contribution in [2.24, 2.45) is 0 Å². The lowest BCUT2D eigenvalue weighted by Crippen LogP contribution is -2.15. The molecule has 0 heterocycles. The first kappa shape index (κ1) is 20.5. The third-order valence-corrected chi connectivity index (χ3v) is 4.30. The van der Waals surface area contributed by atoms with Gasteiger partial charge in [0.1, 0.15) is 11.3 Å². The minimum atomic E-state index is -0.750. The van der Waals surface area contributed by atoms with Crippen molar-refractivity contribution in [3.05, 3.63) is 57.6 Å². The molecule has 0 fully saturated rings. The van der Waals surface area contributed by atoms with Gasteiger partial charge < -0.3 is 14.8 Å². The van der Waals surface area contributed by atoms with Crippen LogP contribution in [0, 0.1) is 13.8 Å². The van der Waals surface area contributed by atoms with Crippen molar-refractivity contribution < 1.29 is 23.9 Å². The number of anilines is 1. The minimum absolute atomic E-state index is 0.0597. The molecule has 2 aromatic carbocycles. The third-order valence-electron chi connectivity index (χ3n) is 3.98. The van der Waals surface area contributed by atoms with Gasteiger partial charge in [0.05, 0.1) is 17.8 Å². The SMILES string of the molecule is COc1cc(NC(C)=O)c(Cl)cc1C(=O)OCC(=O)c1ccc(C)c(C)c1. The Labute approximate surface area is 162 Å². The molecule has 1 N–H and O–H groups in total. The van der Waals surface area contributed by atoms with Crippen LogP contribution >= 0.6 is 11.6 Å². The van der Waals surface area contributed by atoms with Crippen LogP contribution in [-0.4, -0.2) is 31.4 Å². The molecular formula is C20H20ClNO5. The Morgan fingerprint density at radius 1 is 1.07 bits per heavy atom. The number of nitrogens with one attached hydrogen (secondary N) is 1. The van der Waals surface area contributed by atoms with E-state index in [1.54, 1.807) is 12.1 Å². The fraction of sp³-hybridized carbons (Fsp3) is 0.250. The number of methoxy groups -OCH3 is 1. The molecule has 0 spiro atoms. The average Bonchev–Trinajstić information content (AvgIpc) is 2.62. The zero-order valence-corrected chi connectivity index (χ0v) is 16.3. The highest BCUT2D eigenvalue weighted by Gasteiger charge is 2.19. The molecule has 2 rings (SSSR count). The Kier molecular flexibility index (Phi) is 6.58. The topological polar surface area (TPSA) is 81.7 Å². The molecule has 0 aliphatic carbocycles. The van der Waals surface area contributed by atoms with E-state index in [9.17, 15) is 14.4 Å². The molecule has 6 nitrogen and oxygen atoms in total. The van der Waals surface area contributed by atoms with Crippen LogP contribution in [-0.2, 0) is 9.53 Å². The number of hydrogen-bond donors (Lipinski definition) is 1. The van der Waals surface area contributed by atoms with Crippen LogP contribution in [0.1, 0.15) is 38.8 Å².